The topological polar surface area (TPSA) is 95.9 Å². The van der Waals surface area contributed by atoms with E-state index < -0.39 is 16.1 Å². The Bertz CT molecular complexity index is 820. The van der Waals surface area contributed by atoms with E-state index in [1.165, 1.54) is 32.3 Å². The molecule has 2 aromatic rings. The molecule has 0 heterocycles. The first-order chi connectivity index (χ1) is 11.3. The first-order valence-electron chi connectivity index (χ1n) is 7.04. The van der Waals surface area contributed by atoms with Crippen molar-refractivity contribution in [1.82, 2.24) is 4.31 Å². The van der Waals surface area contributed by atoms with Crippen molar-refractivity contribution in [3.8, 4) is 5.75 Å². The Balaban J connectivity index is 2.10. The highest BCUT2D eigenvalue weighted by Crippen LogP contribution is 2.27. The highest BCUT2D eigenvalue weighted by Gasteiger charge is 2.19. The van der Waals surface area contributed by atoms with E-state index >= 15 is 0 Å². The average Bonchev–Trinajstić information content (AvgIpc) is 2.55. The summed E-state index contributed by atoms with van der Waals surface area (Å²) in [5.74, 6) is -0.260. The fourth-order valence-electron chi connectivity index (χ4n) is 1.86. The molecule has 0 aliphatic rings. The third-order valence-electron chi connectivity index (χ3n) is 3.20. The first-order valence-corrected chi connectivity index (χ1v) is 8.48. The average molecular weight is 350 g/mol. The van der Waals surface area contributed by atoms with Crippen molar-refractivity contribution in [3.05, 3.63) is 54.1 Å². The molecule has 7 nitrogen and oxygen atoms in total. The van der Waals surface area contributed by atoms with Gasteiger partial charge in [0.05, 0.1) is 10.6 Å². The number of amides is 1. The molecule has 0 radical (unpaired) electrons. The number of hydrogen-bond acceptors (Lipinski definition) is 5. The molecule has 0 saturated heterocycles. The molecule has 0 unspecified atom stereocenters. The van der Waals surface area contributed by atoms with Gasteiger partial charge in [0.1, 0.15) is 12.4 Å². The van der Waals surface area contributed by atoms with Gasteiger partial charge in [-0.2, -0.15) is 0 Å². The van der Waals surface area contributed by atoms with E-state index in [1.807, 2.05) is 18.2 Å². The quantitative estimate of drug-likeness (QED) is 0.807. The summed E-state index contributed by atoms with van der Waals surface area (Å²) in [7, 11) is -0.893. The van der Waals surface area contributed by atoms with Gasteiger partial charge in [-0.1, -0.05) is 30.3 Å². The van der Waals surface area contributed by atoms with Crippen LogP contribution in [0.2, 0.25) is 0 Å². The second kappa shape index (κ2) is 7.33. The van der Waals surface area contributed by atoms with Crippen LogP contribution >= 0.6 is 0 Å². The summed E-state index contributed by atoms with van der Waals surface area (Å²) in [5.41, 5.74) is 0.761. The molecule has 0 fully saturated rings. The summed E-state index contributed by atoms with van der Waals surface area (Å²) < 4.78 is 30.3. The van der Waals surface area contributed by atoms with E-state index in [0.29, 0.717) is 0 Å². The van der Waals surface area contributed by atoms with Gasteiger partial charge in [-0.15, -0.1) is 0 Å². The molecule has 0 aliphatic heterocycles. The van der Waals surface area contributed by atoms with Crippen molar-refractivity contribution in [2.45, 2.75) is 11.5 Å². The van der Waals surface area contributed by atoms with Crippen molar-refractivity contribution in [2.75, 3.05) is 19.4 Å². The van der Waals surface area contributed by atoms with Gasteiger partial charge in [0, 0.05) is 14.1 Å². The predicted octanol–water partition coefficient (Wildman–Crippen LogP) is 2.39. The SMILES string of the molecule is CN(C)S(=O)(=O)c1ccc(O)c(NC(=O)OCc2ccccc2)c1. The number of nitrogens with zero attached hydrogens (tertiary/aromatic N) is 1. The van der Waals surface area contributed by atoms with Crippen LogP contribution in [0.4, 0.5) is 10.5 Å². The molecular weight excluding hydrogens is 332 g/mol. The van der Waals surface area contributed by atoms with Crippen LogP contribution in [-0.2, 0) is 21.4 Å². The number of nitrogens with one attached hydrogen (secondary N) is 1. The lowest BCUT2D eigenvalue weighted by molar-refractivity contribution is 0.155. The van der Waals surface area contributed by atoms with Crippen molar-refractivity contribution < 1.29 is 23.1 Å². The minimum Gasteiger partial charge on any atom is -0.506 e. The number of phenolic OH excluding ortho intramolecular Hbond substituents is 1. The summed E-state index contributed by atoms with van der Waals surface area (Å²) in [6.07, 6.45) is -0.798. The fourth-order valence-corrected chi connectivity index (χ4v) is 2.78. The highest BCUT2D eigenvalue weighted by atomic mass is 32.2. The summed E-state index contributed by atoms with van der Waals surface area (Å²) in [4.78, 5) is 11.8. The predicted molar refractivity (Wildman–Crippen MR) is 89.2 cm³/mol. The lowest BCUT2D eigenvalue weighted by Crippen LogP contribution is -2.22. The number of phenols is 1. The number of sulfonamides is 1. The number of ether oxygens (including phenoxy) is 1. The number of benzene rings is 2. The number of carbonyl (C=O) groups is 1. The smallest absolute Gasteiger partial charge is 0.412 e. The molecule has 2 N–H and O–H groups in total. The summed E-state index contributed by atoms with van der Waals surface area (Å²) in [5, 5.41) is 12.1. The normalized spacial score (nSPS) is 11.3. The monoisotopic (exact) mass is 350 g/mol. The Morgan fingerprint density at radius 3 is 2.46 bits per heavy atom. The number of hydrogen-bond donors (Lipinski definition) is 2. The van der Waals surface area contributed by atoms with Crippen LogP contribution in [0, 0.1) is 0 Å². The van der Waals surface area contributed by atoms with Gasteiger partial charge in [0.25, 0.3) is 0 Å². The molecule has 2 aromatic carbocycles. The van der Waals surface area contributed by atoms with Gasteiger partial charge < -0.3 is 9.84 Å². The van der Waals surface area contributed by atoms with Crippen LogP contribution in [0.15, 0.2) is 53.4 Å². The van der Waals surface area contributed by atoms with Crippen LogP contribution in [0.1, 0.15) is 5.56 Å². The maximum atomic E-state index is 12.1. The van der Waals surface area contributed by atoms with E-state index in [1.54, 1.807) is 12.1 Å². The van der Waals surface area contributed by atoms with E-state index in [4.69, 9.17) is 4.74 Å². The molecular formula is C16H18N2O5S. The third kappa shape index (κ3) is 4.24. The number of aromatic hydroxyl groups is 1. The summed E-state index contributed by atoms with van der Waals surface area (Å²) >= 11 is 0. The molecule has 0 aliphatic carbocycles. The van der Waals surface area contributed by atoms with Gasteiger partial charge in [-0.25, -0.2) is 17.5 Å². The standard InChI is InChI=1S/C16H18N2O5S/c1-18(2)24(21,22)13-8-9-15(19)14(10-13)17-16(20)23-11-12-6-4-3-5-7-12/h3-10,19H,11H2,1-2H3,(H,17,20). The number of rotatable bonds is 5. The lowest BCUT2D eigenvalue weighted by atomic mass is 10.2. The second-order valence-corrected chi connectivity index (χ2v) is 7.30. The lowest BCUT2D eigenvalue weighted by Gasteiger charge is -2.13. The Kier molecular flexibility index (Phi) is 5.42. The molecule has 24 heavy (non-hydrogen) atoms. The summed E-state index contributed by atoms with van der Waals surface area (Å²) in [6.45, 7) is 0.0587. The van der Waals surface area contributed by atoms with Crippen LogP contribution in [0.25, 0.3) is 0 Å². The van der Waals surface area contributed by atoms with Gasteiger partial charge in [-0.3, -0.25) is 5.32 Å². The van der Waals surface area contributed by atoms with Crippen LogP contribution < -0.4 is 5.32 Å². The third-order valence-corrected chi connectivity index (χ3v) is 5.01. The van der Waals surface area contributed by atoms with Crippen LogP contribution in [0.5, 0.6) is 5.75 Å². The molecule has 8 heteroatoms. The second-order valence-electron chi connectivity index (χ2n) is 5.15. The van der Waals surface area contributed by atoms with Crippen molar-refractivity contribution in [2.24, 2.45) is 0 Å². The van der Waals surface area contributed by atoms with Crippen LogP contribution in [-0.4, -0.2) is 38.0 Å². The first kappa shape index (κ1) is 17.8. The molecule has 0 bridgehead atoms. The Hall–Kier alpha value is -2.58. The number of carbonyl (C=O) groups excluding carboxylic acids is 1. The maximum absolute atomic E-state index is 12.1. The van der Waals surface area contributed by atoms with E-state index in [-0.39, 0.29) is 22.9 Å². The van der Waals surface area contributed by atoms with Crippen molar-refractivity contribution in [1.29, 1.82) is 0 Å². The zero-order valence-corrected chi connectivity index (χ0v) is 14.1. The molecule has 0 spiro atoms. The highest BCUT2D eigenvalue weighted by molar-refractivity contribution is 7.89. The van der Waals surface area contributed by atoms with E-state index in [9.17, 15) is 18.3 Å². The Labute approximate surface area is 140 Å². The molecule has 0 atom stereocenters. The van der Waals surface area contributed by atoms with Crippen molar-refractivity contribution in [3.63, 3.8) is 0 Å². The number of anilines is 1. The Morgan fingerprint density at radius 1 is 1.17 bits per heavy atom. The molecule has 1 amide bonds. The minimum atomic E-state index is -3.68. The van der Waals surface area contributed by atoms with Gasteiger partial charge in [0.15, 0.2) is 0 Å². The summed E-state index contributed by atoms with van der Waals surface area (Å²) in [6, 6.07) is 12.7. The van der Waals surface area contributed by atoms with Gasteiger partial charge in [-0.05, 0) is 23.8 Å². The molecule has 0 aromatic heterocycles. The zero-order chi connectivity index (χ0) is 17.7. The van der Waals surface area contributed by atoms with E-state index in [0.717, 1.165) is 9.87 Å². The largest absolute Gasteiger partial charge is 0.506 e. The minimum absolute atomic E-state index is 0.0454. The van der Waals surface area contributed by atoms with Crippen molar-refractivity contribution >= 4 is 21.8 Å². The van der Waals surface area contributed by atoms with Gasteiger partial charge >= 0.3 is 6.09 Å². The maximum Gasteiger partial charge on any atom is 0.412 e. The van der Waals surface area contributed by atoms with E-state index in [2.05, 4.69) is 5.32 Å². The molecule has 0 saturated carbocycles. The van der Waals surface area contributed by atoms with Gasteiger partial charge in [0.2, 0.25) is 10.0 Å². The fraction of sp³-hybridized carbons (Fsp3) is 0.188. The zero-order valence-electron chi connectivity index (χ0n) is 13.3. The van der Waals surface area contributed by atoms with Crippen LogP contribution in [0.3, 0.4) is 0 Å². The molecule has 2 rings (SSSR count). The molecule has 128 valence electrons. The Morgan fingerprint density at radius 2 is 1.83 bits per heavy atom.